The maximum atomic E-state index is 2.56. The van der Waals surface area contributed by atoms with Crippen molar-refractivity contribution >= 4 is 12.4 Å². The maximum absolute atomic E-state index is 2.56. The average molecular weight is 267 g/mol. The minimum Gasteiger partial charge on any atom is -0.397 e. The molecule has 0 fully saturated rings. The molecule has 2 atom stereocenters. The highest BCUT2D eigenvalue weighted by molar-refractivity contribution is 6.74. The first-order valence-electron chi connectivity index (χ1n) is 7.73. The van der Waals surface area contributed by atoms with Crippen molar-refractivity contribution in [3.63, 3.8) is 0 Å². The summed E-state index contributed by atoms with van der Waals surface area (Å²) in [6.45, 7) is 9.79. The van der Waals surface area contributed by atoms with Crippen LogP contribution < -0.4 is 10.2 Å². The van der Waals surface area contributed by atoms with Crippen molar-refractivity contribution < 1.29 is 4.57 Å². The minimum atomic E-state index is 0.102. The van der Waals surface area contributed by atoms with E-state index in [0.29, 0.717) is 6.85 Å². The molecule has 3 rings (SSSR count). The van der Waals surface area contributed by atoms with Gasteiger partial charge in [-0.3, -0.25) is 0 Å². The van der Waals surface area contributed by atoms with Gasteiger partial charge in [-0.05, 0) is 31.7 Å². The van der Waals surface area contributed by atoms with E-state index in [1.165, 1.54) is 5.59 Å². The number of aromatic nitrogens is 1. The van der Waals surface area contributed by atoms with Crippen molar-refractivity contribution in [2.24, 2.45) is 0 Å². The molecule has 0 aromatic carbocycles. The Bertz CT molecular complexity index is 580. The zero-order valence-electron chi connectivity index (χ0n) is 13.0. The van der Waals surface area contributed by atoms with Crippen LogP contribution in [0.25, 0.3) is 0 Å². The Balaban J connectivity index is 2.29. The van der Waals surface area contributed by atoms with Crippen molar-refractivity contribution in [1.29, 1.82) is 0 Å². The maximum Gasteiger partial charge on any atom is 0.396 e. The van der Waals surface area contributed by atoms with Gasteiger partial charge >= 0.3 is 6.85 Å². The Morgan fingerprint density at radius 1 is 1.15 bits per heavy atom. The quantitative estimate of drug-likeness (QED) is 0.589. The predicted molar refractivity (Wildman–Crippen MR) is 84.8 cm³/mol. The molecule has 0 bridgehead atoms. The molecule has 0 radical (unpaired) electrons. The van der Waals surface area contributed by atoms with Crippen molar-refractivity contribution in [3.8, 4) is 0 Å². The van der Waals surface area contributed by atoms with Gasteiger partial charge in [-0.1, -0.05) is 32.0 Å². The van der Waals surface area contributed by atoms with Gasteiger partial charge in [0.25, 0.3) is 0 Å². The highest BCUT2D eigenvalue weighted by Gasteiger charge is 2.60. The van der Waals surface area contributed by atoms with Gasteiger partial charge in [0, 0.05) is 19.4 Å². The molecule has 2 unspecified atom stereocenters. The Morgan fingerprint density at radius 2 is 1.95 bits per heavy atom. The molecule has 2 nitrogen and oxygen atoms in total. The number of nitrogens with zero attached hydrogens (tertiary/aromatic N) is 2. The standard InChI is InChI=1S/C17H24BN2/c1-5-16(3)17(4,6-2)20-14-10-8-12-18(20)15-11-7-9-13-19(15)16/h7-14H,5-6H2,1-4H3/q+1. The Labute approximate surface area is 122 Å². The summed E-state index contributed by atoms with van der Waals surface area (Å²) in [6, 6.07) is 6.58. The molecule has 2 aliphatic heterocycles. The smallest absolute Gasteiger partial charge is 0.396 e. The van der Waals surface area contributed by atoms with Crippen LogP contribution in [0, 0.1) is 0 Å². The van der Waals surface area contributed by atoms with E-state index >= 15 is 0 Å². The van der Waals surface area contributed by atoms with E-state index in [4.69, 9.17) is 0 Å². The summed E-state index contributed by atoms with van der Waals surface area (Å²) in [5, 5.41) is 0. The van der Waals surface area contributed by atoms with Crippen LogP contribution in [0.3, 0.4) is 0 Å². The second-order valence-electron chi connectivity index (χ2n) is 6.33. The lowest BCUT2D eigenvalue weighted by atomic mass is 9.49. The van der Waals surface area contributed by atoms with Crippen LogP contribution in [-0.2, 0) is 5.54 Å². The fourth-order valence-corrected chi connectivity index (χ4v) is 4.01. The molecule has 2 aliphatic rings. The number of hydrogen-bond acceptors (Lipinski definition) is 1. The summed E-state index contributed by atoms with van der Waals surface area (Å²) in [5.74, 6) is 2.31. The van der Waals surface area contributed by atoms with Crippen LogP contribution in [-0.4, -0.2) is 17.2 Å². The van der Waals surface area contributed by atoms with E-state index in [2.05, 4.69) is 85.8 Å². The van der Waals surface area contributed by atoms with Crippen LogP contribution in [0.15, 0.2) is 48.7 Å². The van der Waals surface area contributed by atoms with Crippen LogP contribution >= 0.6 is 0 Å². The van der Waals surface area contributed by atoms with Crippen molar-refractivity contribution in [3.05, 3.63) is 48.7 Å². The zero-order valence-corrected chi connectivity index (χ0v) is 13.0. The Morgan fingerprint density at radius 3 is 2.65 bits per heavy atom. The third-order valence-corrected chi connectivity index (χ3v) is 5.78. The van der Waals surface area contributed by atoms with Crippen LogP contribution in [0.5, 0.6) is 0 Å². The molecule has 3 heterocycles. The lowest BCUT2D eigenvalue weighted by Gasteiger charge is -2.54. The number of fused-ring (bicyclic) bond motifs is 3. The molecule has 1 aromatic heterocycles. The van der Waals surface area contributed by atoms with E-state index in [0.717, 1.165) is 12.8 Å². The average Bonchev–Trinajstić information content (AvgIpc) is 2.52. The van der Waals surface area contributed by atoms with Crippen molar-refractivity contribution in [2.75, 3.05) is 0 Å². The third-order valence-electron chi connectivity index (χ3n) is 5.78. The van der Waals surface area contributed by atoms with Gasteiger partial charge in [-0.25, -0.2) is 4.57 Å². The van der Waals surface area contributed by atoms with Crippen LogP contribution in [0.2, 0.25) is 0 Å². The highest BCUT2D eigenvalue weighted by Crippen LogP contribution is 2.40. The summed E-state index contributed by atoms with van der Waals surface area (Å²) in [6.07, 6.45) is 11.1. The van der Waals surface area contributed by atoms with Crippen LogP contribution in [0.4, 0.5) is 0 Å². The monoisotopic (exact) mass is 267 g/mol. The summed E-state index contributed by atoms with van der Waals surface area (Å²) >= 11 is 0. The summed E-state index contributed by atoms with van der Waals surface area (Å²) in [4.78, 5) is 2.56. The number of hydrogen-bond donors (Lipinski definition) is 0. The topological polar surface area (TPSA) is 7.12 Å². The van der Waals surface area contributed by atoms with Gasteiger partial charge in [0.05, 0.1) is 5.54 Å². The Hall–Kier alpha value is -1.51. The fraction of sp³-hybridized carbons (Fsp3) is 0.471. The van der Waals surface area contributed by atoms with Gasteiger partial charge in [-0.2, -0.15) is 0 Å². The number of rotatable bonds is 2. The van der Waals surface area contributed by atoms with E-state index in [1.807, 2.05) is 0 Å². The molecular weight excluding hydrogens is 243 g/mol. The van der Waals surface area contributed by atoms with Gasteiger partial charge in [0.1, 0.15) is 0 Å². The van der Waals surface area contributed by atoms with Crippen LogP contribution in [0.1, 0.15) is 40.5 Å². The van der Waals surface area contributed by atoms with E-state index < -0.39 is 0 Å². The van der Waals surface area contributed by atoms with Gasteiger partial charge < -0.3 is 4.81 Å². The second-order valence-corrected chi connectivity index (χ2v) is 6.33. The first-order valence-corrected chi connectivity index (χ1v) is 7.73. The first kappa shape index (κ1) is 13.5. The number of allylic oxidation sites excluding steroid dienone is 2. The summed E-state index contributed by atoms with van der Waals surface area (Å²) in [7, 11) is 0. The molecule has 0 spiro atoms. The van der Waals surface area contributed by atoms with Crippen molar-refractivity contribution in [1.82, 2.24) is 4.81 Å². The van der Waals surface area contributed by atoms with Gasteiger partial charge in [0.15, 0.2) is 17.3 Å². The summed E-state index contributed by atoms with van der Waals surface area (Å²) < 4.78 is 2.52. The number of pyridine rings is 1. The SMILES string of the molecule is CCC1(C)N2C=CC=CB2c2cccc[n+]2C1(C)CC. The fourth-order valence-electron chi connectivity index (χ4n) is 4.01. The molecule has 0 N–H and O–H groups in total. The second kappa shape index (κ2) is 4.51. The third kappa shape index (κ3) is 1.49. The largest absolute Gasteiger partial charge is 0.397 e. The molecule has 20 heavy (non-hydrogen) atoms. The van der Waals surface area contributed by atoms with Gasteiger partial charge in [0.2, 0.25) is 0 Å². The molecule has 0 saturated carbocycles. The zero-order chi connectivity index (χ0) is 14.4. The minimum absolute atomic E-state index is 0.102. The molecule has 1 aromatic rings. The molecule has 3 heteroatoms. The molecule has 0 aliphatic carbocycles. The highest BCUT2D eigenvalue weighted by atomic mass is 15.3. The normalized spacial score (nSPS) is 31.2. The van der Waals surface area contributed by atoms with E-state index in [-0.39, 0.29) is 11.1 Å². The van der Waals surface area contributed by atoms with E-state index in [1.54, 1.807) is 0 Å². The molecule has 0 saturated heterocycles. The molecule has 104 valence electrons. The first-order chi connectivity index (χ1) is 9.58. The predicted octanol–water partition coefficient (Wildman–Crippen LogP) is 2.40. The summed E-state index contributed by atoms with van der Waals surface area (Å²) in [5.41, 5.74) is 1.61. The van der Waals surface area contributed by atoms with Crippen molar-refractivity contribution in [2.45, 2.75) is 51.6 Å². The Kier molecular flexibility index (Phi) is 3.04. The molecule has 0 amide bonds. The lowest BCUT2D eigenvalue weighted by molar-refractivity contribution is -0.762. The van der Waals surface area contributed by atoms with Gasteiger partial charge in [-0.15, -0.1) is 0 Å². The van der Waals surface area contributed by atoms with E-state index in [9.17, 15) is 0 Å². The lowest BCUT2D eigenvalue weighted by Crippen LogP contribution is -2.85. The molecular formula is C17H24BN2+.